The van der Waals surface area contributed by atoms with Crippen LogP contribution in [0, 0.1) is 0 Å². The number of carbonyl (C=O) groups is 1. The van der Waals surface area contributed by atoms with Crippen molar-refractivity contribution in [2.24, 2.45) is 0 Å². The lowest BCUT2D eigenvalue weighted by atomic mass is 10.3. The number of rotatable bonds is 4. The second kappa shape index (κ2) is 4.23. The molecule has 0 aliphatic rings. The van der Waals surface area contributed by atoms with Crippen molar-refractivity contribution in [3.63, 3.8) is 0 Å². The van der Waals surface area contributed by atoms with Gasteiger partial charge in [0.15, 0.2) is 0 Å². The predicted molar refractivity (Wildman–Crippen MR) is 43.5 cm³/mol. The molecule has 0 radical (unpaired) electrons. The average molecular weight is 167 g/mol. The summed E-state index contributed by atoms with van der Waals surface area (Å²) in [6.07, 6.45) is 0. The Kier molecular flexibility index (Phi) is 2.95. The largest absolute Gasteiger partial charge is 0.455 e. The molecule has 0 aromatic heterocycles. The van der Waals surface area contributed by atoms with Gasteiger partial charge in [0.25, 0.3) is 6.47 Å². The first-order valence-corrected chi connectivity index (χ1v) is 3.37. The molecule has 0 aliphatic heterocycles. The van der Waals surface area contributed by atoms with Crippen LogP contribution in [0.5, 0.6) is 5.75 Å². The van der Waals surface area contributed by atoms with Crippen LogP contribution < -0.4 is 10.5 Å². The van der Waals surface area contributed by atoms with Gasteiger partial charge in [-0.15, -0.1) is 0 Å². The number of hydrogen-bond donors (Lipinski definition) is 1. The summed E-state index contributed by atoms with van der Waals surface area (Å²) in [6, 6.07) is 6.98. The number of nitrogen functional groups attached to an aromatic ring is 1. The van der Waals surface area contributed by atoms with Crippen molar-refractivity contribution in [1.82, 2.24) is 0 Å². The molecule has 1 aromatic rings. The maximum atomic E-state index is 9.75. The Bertz CT molecular complexity index is 262. The van der Waals surface area contributed by atoms with Crippen LogP contribution in [0.25, 0.3) is 0 Å². The van der Waals surface area contributed by atoms with E-state index in [4.69, 9.17) is 10.5 Å². The molecule has 0 saturated heterocycles. The number of hydrogen-bond acceptors (Lipinski definition) is 4. The van der Waals surface area contributed by atoms with Crippen molar-refractivity contribution in [3.8, 4) is 5.75 Å². The molecule has 0 saturated carbocycles. The van der Waals surface area contributed by atoms with Gasteiger partial charge >= 0.3 is 0 Å². The molecule has 1 rings (SSSR count). The summed E-state index contributed by atoms with van der Waals surface area (Å²) < 4.78 is 9.33. The second-order valence-electron chi connectivity index (χ2n) is 2.06. The van der Waals surface area contributed by atoms with Gasteiger partial charge in [-0.2, -0.15) is 0 Å². The minimum absolute atomic E-state index is 0.113. The number of anilines is 1. The van der Waals surface area contributed by atoms with E-state index in [2.05, 4.69) is 4.74 Å². The molecule has 12 heavy (non-hydrogen) atoms. The third kappa shape index (κ3) is 2.16. The van der Waals surface area contributed by atoms with Gasteiger partial charge in [0, 0.05) is 0 Å². The van der Waals surface area contributed by atoms with Gasteiger partial charge in [-0.3, -0.25) is 4.79 Å². The molecule has 0 aliphatic carbocycles. The maximum absolute atomic E-state index is 9.75. The zero-order valence-corrected chi connectivity index (χ0v) is 6.40. The highest BCUT2D eigenvalue weighted by atomic mass is 16.7. The Morgan fingerprint density at radius 1 is 1.42 bits per heavy atom. The van der Waals surface area contributed by atoms with Crippen LogP contribution in [0.3, 0.4) is 0 Å². The number of para-hydroxylation sites is 2. The summed E-state index contributed by atoms with van der Waals surface area (Å²) in [7, 11) is 0. The number of benzene rings is 1. The van der Waals surface area contributed by atoms with E-state index in [-0.39, 0.29) is 6.79 Å². The SMILES string of the molecule is Nc1ccccc1OCOC=O. The van der Waals surface area contributed by atoms with E-state index in [1.807, 2.05) is 0 Å². The van der Waals surface area contributed by atoms with E-state index in [0.717, 1.165) is 0 Å². The van der Waals surface area contributed by atoms with Crippen molar-refractivity contribution in [2.45, 2.75) is 0 Å². The van der Waals surface area contributed by atoms with Crippen molar-refractivity contribution in [1.29, 1.82) is 0 Å². The van der Waals surface area contributed by atoms with E-state index in [0.29, 0.717) is 17.9 Å². The Hall–Kier alpha value is -1.71. The minimum Gasteiger partial charge on any atom is -0.455 e. The Morgan fingerprint density at radius 3 is 2.83 bits per heavy atom. The topological polar surface area (TPSA) is 61.6 Å². The Labute approximate surface area is 69.9 Å². The fourth-order valence-corrected chi connectivity index (χ4v) is 0.737. The molecule has 1 aromatic carbocycles. The van der Waals surface area contributed by atoms with Gasteiger partial charge in [0.1, 0.15) is 5.75 Å². The van der Waals surface area contributed by atoms with Crippen LogP contribution in [0.2, 0.25) is 0 Å². The smallest absolute Gasteiger partial charge is 0.295 e. The number of nitrogens with two attached hydrogens (primary N) is 1. The predicted octanol–water partition coefficient (Wildman–Crippen LogP) is 0.778. The van der Waals surface area contributed by atoms with Crippen molar-refractivity contribution in [3.05, 3.63) is 24.3 Å². The van der Waals surface area contributed by atoms with E-state index >= 15 is 0 Å². The van der Waals surface area contributed by atoms with Crippen molar-refractivity contribution in [2.75, 3.05) is 12.5 Å². The first kappa shape index (κ1) is 8.39. The standard InChI is InChI=1S/C8H9NO3/c9-7-3-1-2-4-8(7)12-6-11-5-10/h1-5H,6,9H2. The molecular formula is C8H9NO3. The van der Waals surface area contributed by atoms with Crippen LogP contribution in [-0.4, -0.2) is 13.3 Å². The molecule has 0 atom stereocenters. The summed E-state index contributed by atoms with van der Waals surface area (Å²) in [5.41, 5.74) is 6.05. The normalized spacial score (nSPS) is 9.00. The quantitative estimate of drug-likeness (QED) is 0.311. The molecule has 0 heterocycles. The first-order valence-electron chi connectivity index (χ1n) is 3.37. The molecule has 0 fully saturated rings. The molecule has 4 heteroatoms. The highest BCUT2D eigenvalue weighted by Gasteiger charge is 1.96. The molecule has 0 unspecified atom stereocenters. The van der Waals surface area contributed by atoms with Crippen molar-refractivity contribution >= 4 is 12.2 Å². The van der Waals surface area contributed by atoms with E-state index in [9.17, 15) is 4.79 Å². The van der Waals surface area contributed by atoms with Crippen LogP contribution in [0.4, 0.5) is 5.69 Å². The van der Waals surface area contributed by atoms with Crippen molar-refractivity contribution < 1.29 is 14.3 Å². The highest BCUT2D eigenvalue weighted by molar-refractivity contribution is 5.51. The molecule has 2 N–H and O–H groups in total. The fraction of sp³-hybridized carbons (Fsp3) is 0.125. The third-order valence-corrected chi connectivity index (χ3v) is 1.27. The van der Waals surface area contributed by atoms with Gasteiger partial charge in [-0.05, 0) is 12.1 Å². The highest BCUT2D eigenvalue weighted by Crippen LogP contribution is 2.19. The lowest BCUT2D eigenvalue weighted by Gasteiger charge is -2.05. The van der Waals surface area contributed by atoms with Crippen LogP contribution >= 0.6 is 0 Å². The van der Waals surface area contributed by atoms with Crippen LogP contribution in [-0.2, 0) is 9.53 Å². The minimum atomic E-state index is -0.113. The molecule has 0 spiro atoms. The number of ether oxygens (including phenoxy) is 2. The zero-order chi connectivity index (χ0) is 8.81. The Morgan fingerprint density at radius 2 is 2.17 bits per heavy atom. The molecule has 0 amide bonds. The number of carbonyl (C=O) groups excluding carboxylic acids is 1. The summed E-state index contributed by atoms with van der Waals surface area (Å²) >= 11 is 0. The molecule has 64 valence electrons. The zero-order valence-electron chi connectivity index (χ0n) is 6.40. The monoisotopic (exact) mass is 167 g/mol. The lowest BCUT2D eigenvalue weighted by molar-refractivity contribution is -0.134. The summed E-state index contributed by atoms with van der Waals surface area (Å²) in [5.74, 6) is 0.513. The molecule has 4 nitrogen and oxygen atoms in total. The fourth-order valence-electron chi connectivity index (χ4n) is 0.737. The van der Waals surface area contributed by atoms with E-state index in [1.54, 1.807) is 24.3 Å². The van der Waals surface area contributed by atoms with Crippen LogP contribution in [0.15, 0.2) is 24.3 Å². The van der Waals surface area contributed by atoms with Gasteiger partial charge in [0.2, 0.25) is 6.79 Å². The first-order chi connectivity index (χ1) is 5.84. The summed E-state index contributed by atoms with van der Waals surface area (Å²) in [4.78, 5) is 9.75. The maximum Gasteiger partial charge on any atom is 0.295 e. The summed E-state index contributed by atoms with van der Waals surface area (Å²) in [5, 5.41) is 0. The van der Waals surface area contributed by atoms with E-state index in [1.165, 1.54) is 0 Å². The van der Waals surface area contributed by atoms with Gasteiger partial charge in [-0.1, -0.05) is 12.1 Å². The van der Waals surface area contributed by atoms with Gasteiger partial charge < -0.3 is 15.2 Å². The molecular weight excluding hydrogens is 158 g/mol. The average Bonchev–Trinajstić information content (AvgIpc) is 2.09. The second-order valence-corrected chi connectivity index (χ2v) is 2.06. The van der Waals surface area contributed by atoms with Gasteiger partial charge in [0.05, 0.1) is 5.69 Å². The Balaban J connectivity index is 2.51. The van der Waals surface area contributed by atoms with Gasteiger partial charge in [-0.25, -0.2) is 0 Å². The third-order valence-electron chi connectivity index (χ3n) is 1.27. The lowest BCUT2D eigenvalue weighted by Crippen LogP contribution is -2.02. The summed E-state index contributed by atoms with van der Waals surface area (Å²) in [6.45, 7) is 0.205. The molecule has 0 bridgehead atoms. The van der Waals surface area contributed by atoms with E-state index < -0.39 is 0 Å². The van der Waals surface area contributed by atoms with Crippen LogP contribution in [0.1, 0.15) is 0 Å².